The van der Waals surface area contributed by atoms with Crippen LogP contribution in [0.25, 0.3) is 0 Å². The number of carbonyl (C=O) groups is 2. The third-order valence-electron chi connectivity index (χ3n) is 3.22. The van der Waals surface area contributed by atoms with Gasteiger partial charge in [0.25, 0.3) is 5.91 Å². The molecule has 0 aliphatic carbocycles. The second-order valence-corrected chi connectivity index (χ2v) is 4.63. The molecule has 1 saturated heterocycles. The molecule has 0 radical (unpaired) electrons. The highest BCUT2D eigenvalue weighted by atomic mass is 16.3. The molecule has 1 aromatic rings. The van der Waals surface area contributed by atoms with Crippen molar-refractivity contribution in [3.63, 3.8) is 0 Å². The van der Waals surface area contributed by atoms with E-state index in [9.17, 15) is 14.7 Å². The van der Waals surface area contributed by atoms with Crippen molar-refractivity contribution in [1.82, 2.24) is 10.2 Å². The molecule has 1 aromatic heterocycles. The van der Waals surface area contributed by atoms with Crippen LogP contribution >= 0.6 is 0 Å². The highest BCUT2D eigenvalue weighted by Gasteiger charge is 2.20. The molecular formula is C13H18N2O4. The predicted molar refractivity (Wildman–Crippen MR) is 67.5 cm³/mol. The fourth-order valence-electron chi connectivity index (χ4n) is 2.05. The third-order valence-corrected chi connectivity index (χ3v) is 3.22. The molecule has 0 atom stereocenters. The molecule has 0 spiro atoms. The smallest absolute Gasteiger partial charge is 0.254 e. The van der Waals surface area contributed by atoms with Crippen LogP contribution in [0.3, 0.4) is 0 Å². The minimum absolute atomic E-state index is 0.0133. The molecule has 2 heterocycles. The Morgan fingerprint density at radius 2 is 2.16 bits per heavy atom. The van der Waals surface area contributed by atoms with Gasteiger partial charge in [-0.2, -0.15) is 0 Å². The lowest BCUT2D eigenvalue weighted by atomic mass is 10.1. The Balaban J connectivity index is 1.68. The van der Waals surface area contributed by atoms with E-state index >= 15 is 0 Å². The summed E-state index contributed by atoms with van der Waals surface area (Å²) in [6, 6.07) is 1.57. The summed E-state index contributed by atoms with van der Waals surface area (Å²) in [5, 5.41) is 12.0. The van der Waals surface area contributed by atoms with Crippen LogP contribution in [0.1, 0.15) is 29.6 Å². The molecule has 2 amide bonds. The van der Waals surface area contributed by atoms with Crippen LogP contribution in [0.2, 0.25) is 0 Å². The Morgan fingerprint density at radius 1 is 1.42 bits per heavy atom. The fraction of sp³-hybridized carbons (Fsp3) is 0.538. The first kappa shape index (κ1) is 13.6. The van der Waals surface area contributed by atoms with Gasteiger partial charge in [0.15, 0.2) is 0 Å². The van der Waals surface area contributed by atoms with Gasteiger partial charge in [-0.3, -0.25) is 9.59 Å². The van der Waals surface area contributed by atoms with Gasteiger partial charge in [-0.1, -0.05) is 0 Å². The first-order chi connectivity index (χ1) is 9.16. The topological polar surface area (TPSA) is 82.8 Å². The van der Waals surface area contributed by atoms with Gasteiger partial charge < -0.3 is 19.7 Å². The van der Waals surface area contributed by atoms with Crippen LogP contribution in [0, 0.1) is 0 Å². The molecule has 0 saturated carbocycles. The number of furan rings is 1. The van der Waals surface area contributed by atoms with Crippen molar-refractivity contribution in [2.45, 2.75) is 25.4 Å². The van der Waals surface area contributed by atoms with E-state index in [0.29, 0.717) is 38.0 Å². The van der Waals surface area contributed by atoms with Crippen molar-refractivity contribution in [3.8, 4) is 0 Å². The predicted octanol–water partition coefficient (Wildman–Crippen LogP) is 0.383. The Hall–Kier alpha value is -1.82. The number of rotatable bonds is 4. The molecular weight excluding hydrogens is 248 g/mol. The molecule has 2 rings (SSSR count). The van der Waals surface area contributed by atoms with Crippen molar-refractivity contribution < 1.29 is 19.1 Å². The van der Waals surface area contributed by atoms with Gasteiger partial charge in [-0.25, -0.2) is 0 Å². The number of piperidine rings is 1. The second kappa shape index (κ2) is 6.38. The van der Waals surface area contributed by atoms with Crippen molar-refractivity contribution in [2.75, 3.05) is 19.6 Å². The molecule has 0 unspecified atom stereocenters. The second-order valence-electron chi connectivity index (χ2n) is 4.63. The SMILES string of the molecule is O=C(NCCC(=O)N1CCC(O)CC1)c1ccoc1. The minimum Gasteiger partial charge on any atom is -0.472 e. The van der Waals surface area contributed by atoms with Gasteiger partial charge in [0.05, 0.1) is 17.9 Å². The molecule has 104 valence electrons. The zero-order chi connectivity index (χ0) is 13.7. The highest BCUT2D eigenvalue weighted by molar-refractivity contribution is 5.94. The normalized spacial score (nSPS) is 16.4. The average molecular weight is 266 g/mol. The minimum atomic E-state index is -0.287. The quantitative estimate of drug-likeness (QED) is 0.825. The largest absolute Gasteiger partial charge is 0.472 e. The molecule has 0 bridgehead atoms. The maximum atomic E-state index is 11.8. The van der Waals surface area contributed by atoms with E-state index in [2.05, 4.69) is 5.32 Å². The maximum absolute atomic E-state index is 11.8. The number of nitrogens with zero attached hydrogens (tertiary/aromatic N) is 1. The monoisotopic (exact) mass is 266 g/mol. The molecule has 1 aliphatic heterocycles. The van der Waals surface area contributed by atoms with Crippen molar-refractivity contribution in [3.05, 3.63) is 24.2 Å². The third kappa shape index (κ3) is 3.82. The van der Waals surface area contributed by atoms with Gasteiger partial charge in [0.2, 0.25) is 5.91 Å². The Kier molecular flexibility index (Phi) is 4.57. The standard InChI is InChI=1S/C13H18N2O4/c16-11-2-6-15(7-3-11)12(17)1-5-14-13(18)10-4-8-19-9-10/h4,8-9,11,16H,1-3,5-7H2,(H,14,18). The summed E-state index contributed by atoms with van der Waals surface area (Å²) in [5.74, 6) is -0.227. The molecule has 6 heteroatoms. The first-order valence-corrected chi connectivity index (χ1v) is 6.43. The highest BCUT2D eigenvalue weighted by Crippen LogP contribution is 2.10. The van der Waals surface area contributed by atoms with Gasteiger partial charge >= 0.3 is 0 Å². The van der Waals surface area contributed by atoms with Crippen LogP contribution in [0.15, 0.2) is 23.0 Å². The average Bonchev–Trinajstić information content (AvgIpc) is 2.93. The molecule has 1 fully saturated rings. The molecule has 2 N–H and O–H groups in total. The zero-order valence-corrected chi connectivity index (χ0v) is 10.7. The Labute approximate surface area is 111 Å². The summed E-state index contributed by atoms with van der Waals surface area (Å²) in [5.41, 5.74) is 0.452. The lowest BCUT2D eigenvalue weighted by Crippen LogP contribution is -2.41. The number of nitrogens with one attached hydrogen (secondary N) is 1. The Morgan fingerprint density at radius 3 is 2.79 bits per heavy atom. The summed E-state index contributed by atoms with van der Waals surface area (Å²) in [7, 11) is 0. The number of aliphatic hydroxyl groups excluding tert-OH is 1. The van der Waals surface area contributed by atoms with E-state index in [-0.39, 0.29) is 24.3 Å². The van der Waals surface area contributed by atoms with Gasteiger partial charge in [-0.05, 0) is 18.9 Å². The summed E-state index contributed by atoms with van der Waals surface area (Å²) in [6.07, 6.45) is 4.05. The number of amides is 2. The first-order valence-electron chi connectivity index (χ1n) is 6.43. The number of likely N-dealkylation sites (tertiary alicyclic amines) is 1. The Bertz CT molecular complexity index is 422. The van der Waals surface area contributed by atoms with E-state index in [1.54, 1.807) is 11.0 Å². The molecule has 6 nitrogen and oxygen atoms in total. The summed E-state index contributed by atoms with van der Waals surface area (Å²) >= 11 is 0. The maximum Gasteiger partial charge on any atom is 0.254 e. The van der Waals surface area contributed by atoms with E-state index < -0.39 is 0 Å². The van der Waals surface area contributed by atoms with Crippen molar-refractivity contribution in [1.29, 1.82) is 0 Å². The van der Waals surface area contributed by atoms with Crippen LogP contribution < -0.4 is 5.32 Å². The fourth-order valence-corrected chi connectivity index (χ4v) is 2.05. The van der Waals surface area contributed by atoms with Crippen molar-refractivity contribution >= 4 is 11.8 Å². The van der Waals surface area contributed by atoms with E-state index in [4.69, 9.17) is 4.42 Å². The summed E-state index contributed by atoms with van der Waals surface area (Å²) in [6.45, 7) is 1.49. The van der Waals surface area contributed by atoms with E-state index in [1.807, 2.05) is 0 Å². The van der Waals surface area contributed by atoms with Crippen LogP contribution in [0.5, 0.6) is 0 Å². The number of hydrogen-bond acceptors (Lipinski definition) is 4. The van der Waals surface area contributed by atoms with E-state index in [1.165, 1.54) is 12.5 Å². The van der Waals surface area contributed by atoms with Crippen molar-refractivity contribution in [2.24, 2.45) is 0 Å². The lowest BCUT2D eigenvalue weighted by Gasteiger charge is -2.29. The number of carbonyl (C=O) groups excluding carboxylic acids is 2. The van der Waals surface area contributed by atoms with Crippen LogP contribution in [-0.4, -0.2) is 47.6 Å². The van der Waals surface area contributed by atoms with Gasteiger partial charge in [-0.15, -0.1) is 0 Å². The molecule has 19 heavy (non-hydrogen) atoms. The number of hydrogen-bond donors (Lipinski definition) is 2. The molecule has 0 aromatic carbocycles. The summed E-state index contributed by atoms with van der Waals surface area (Å²) < 4.78 is 4.81. The zero-order valence-electron chi connectivity index (χ0n) is 10.7. The molecule has 1 aliphatic rings. The summed E-state index contributed by atoms with van der Waals surface area (Å²) in [4.78, 5) is 25.2. The number of aliphatic hydroxyl groups is 1. The van der Waals surface area contributed by atoms with Crippen LogP contribution in [0.4, 0.5) is 0 Å². The van der Waals surface area contributed by atoms with Gasteiger partial charge in [0, 0.05) is 26.1 Å². The van der Waals surface area contributed by atoms with E-state index in [0.717, 1.165) is 0 Å². The van der Waals surface area contributed by atoms with Crippen LogP contribution in [-0.2, 0) is 4.79 Å². The van der Waals surface area contributed by atoms with Gasteiger partial charge in [0.1, 0.15) is 6.26 Å². The lowest BCUT2D eigenvalue weighted by molar-refractivity contribution is -0.133.